The van der Waals surface area contributed by atoms with Gasteiger partial charge in [0.05, 0.1) is 12.0 Å². The molecule has 2 N–H and O–H groups in total. The molecule has 0 saturated heterocycles. The zero-order valence-corrected chi connectivity index (χ0v) is 22.4. The van der Waals surface area contributed by atoms with Gasteiger partial charge in [-0.3, -0.25) is 4.79 Å². The van der Waals surface area contributed by atoms with Gasteiger partial charge in [-0.2, -0.15) is 0 Å². The van der Waals surface area contributed by atoms with Crippen LogP contribution in [0.4, 0.5) is 0 Å². The number of carbonyl (C=O) groups is 1. The third-order valence-corrected chi connectivity index (χ3v) is 7.21. The maximum Gasteiger partial charge on any atom is 0.310 e. The van der Waals surface area contributed by atoms with Crippen LogP contribution < -0.4 is 0 Å². The average molecular weight is 475 g/mol. The molecule has 2 unspecified atom stereocenters. The lowest BCUT2D eigenvalue weighted by atomic mass is 9.86. The molecule has 0 aliphatic heterocycles. The second kappa shape index (κ2) is 21.0. The summed E-state index contributed by atoms with van der Waals surface area (Å²) in [5.74, 6) is -1.28. The van der Waals surface area contributed by atoms with Crippen LogP contribution in [0.2, 0.25) is 0 Å². The van der Waals surface area contributed by atoms with Gasteiger partial charge in [0, 0.05) is 0 Å². The Kier molecular flexibility index (Phi) is 18.9. The van der Waals surface area contributed by atoms with E-state index in [-0.39, 0.29) is 0 Å². The van der Waals surface area contributed by atoms with E-state index in [4.69, 9.17) is 0 Å². The quantitative estimate of drug-likeness (QED) is 0.155. The lowest BCUT2D eigenvalue weighted by molar-refractivity contribution is -0.139. The second-order valence-corrected chi connectivity index (χ2v) is 10.3. The number of aliphatic hydroxyl groups excluding tert-OH is 1. The van der Waals surface area contributed by atoms with E-state index < -0.39 is 18.0 Å². The maximum atomic E-state index is 12.1. The van der Waals surface area contributed by atoms with Gasteiger partial charge < -0.3 is 10.2 Å². The molecule has 1 aromatic carbocycles. The number of benzene rings is 1. The van der Waals surface area contributed by atoms with E-state index >= 15 is 0 Å². The number of rotatable bonds is 23. The molecule has 0 saturated carbocycles. The summed E-state index contributed by atoms with van der Waals surface area (Å²) in [5.41, 5.74) is 1.64. The molecule has 2 atom stereocenters. The minimum atomic E-state index is -0.762. The van der Waals surface area contributed by atoms with Crippen LogP contribution in [0.3, 0.4) is 0 Å². The Bertz CT molecular complexity index is 612. The summed E-state index contributed by atoms with van der Waals surface area (Å²) in [6.45, 7) is 4.48. The van der Waals surface area contributed by atoms with Crippen LogP contribution in [0.1, 0.15) is 165 Å². The molecule has 0 aliphatic carbocycles. The normalized spacial score (nSPS) is 13.1. The standard InChI is InChI=1S/C31H54O3/c1-3-5-7-9-11-12-13-14-15-16-17-19-25-29(31(33)34)27-23-21-22-24-28(27)30(32)26-20-18-10-8-6-4-2/h21-24,29-30,32H,3-20,25-26H2,1-2H3,(H,33,34). The summed E-state index contributed by atoms with van der Waals surface area (Å²) in [6.07, 6.45) is 23.3. The summed E-state index contributed by atoms with van der Waals surface area (Å²) in [5, 5.41) is 20.7. The van der Waals surface area contributed by atoms with E-state index in [1.54, 1.807) is 0 Å². The van der Waals surface area contributed by atoms with Crippen molar-refractivity contribution in [1.82, 2.24) is 0 Å². The summed E-state index contributed by atoms with van der Waals surface area (Å²) >= 11 is 0. The SMILES string of the molecule is CCCCCCCCCCCCCCC(C(=O)O)c1ccccc1C(O)CCCCCCCC. The molecule has 0 heterocycles. The number of unbranched alkanes of at least 4 members (excludes halogenated alkanes) is 16. The zero-order chi connectivity index (χ0) is 24.9. The van der Waals surface area contributed by atoms with Crippen molar-refractivity contribution in [1.29, 1.82) is 0 Å². The Morgan fingerprint density at radius 2 is 1.00 bits per heavy atom. The Balaban J connectivity index is 2.35. The molecular weight excluding hydrogens is 420 g/mol. The molecule has 34 heavy (non-hydrogen) atoms. The molecule has 0 spiro atoms. The van der Waals surface area contributed by atoms with Crippen molar-refractivity contribution in [2.75, 3.05) is 0 Å². The molecule has 196 valence electrons. The number of hydrogen-bond acceptors (Lipinski definition) is 2. The molecule has 3 nitrogen and oxygen atoms in total. The average Bonchev–Trinajstić information content (AvgIpc) is 2.84. The smallest absolute Gasteiger partial charge is 0.310 e. The lowest BCUT2D eigenvalue weighted by Gasteiger charge is -2.20. The van der Waals surface area contributed by atoms with Crippen molar-refractivity contribution in [3.05, 3.63) is 35.4 Å². The summed E-state index contributed by atoms with van der Waals surface area (Å²) in [7, 11) is 0. The summed E-state index contributed by atoms with van der Waals surface area (Å²) < 4.78 is 0. The highest BCUT2D eigenvalue weighted by atomic mass is 16.4. The third-order valence-electron chi connectivity index (χ3n) is 7.21. The fraction of sp³-hybridized carbons (Fsp3) is 0.774. The number of aliphatic carboxylic acids is 1. The van der Waals surface area contributed by atoms with E-state index in [9.17, 15) is 15.0 Å². The van der Waals surface area contributed by atoms with E-state index in [2.05, 4.69) is 13.8 Å². The first kappa shape index (κ1) is 30.7. The van der Waals surface area contributed by atoms with E-state index in [0.29, 0.717) is 12.8 Å². The van der Waals surface area contributed by atoms with Crippen LogP contribution in [-0.2, 0) is 4.79 Å². The molecule has 0 aromatic heterocycles. The van der Waals surface area contributed by atoms with Crippen LogP contribution >= 0.6 is 0 Å². The van der Waals surface area contributed by atoms with Crippen molar-refractivity contribution < 1.29 is 15.0 Å². The Hall–Kier alpha value is -1.35. The number of hydrogen-bond donors (Lipinski definition) is 2. The molecule has 1 aromatic rings. The molecule has 0 radical (unpaired) electrons. The lowest BCUT2D eigenvalue weighted by Crippen LogP contribution is -2.15. The van der Waals surface area contributed by atoms with Crippen molar-refractivity contribution in [2.24, 2.45) is 0 Å². The molecular formula is C31H54O3. The minimum absolute atomic E-state index is 0.515. The van der Waals surface area contributed by atoms with Gasteiger partial charge in [0.2, 0.25) is 0 Å². The Morgan fingerprint density at radius 3 is 1.44 bits per heavy atom. The molecule has 0 aliphatic rings. The first-order chi connectivity index (χ1) is 16.6. The minimum Gasteiger partial charge on any atom is -0.481 e. The molecule has 3 heteroatoms. The van der Waals surface area contributed by atoms with Gasteiger partial charge in [-0.05, 0) is 24.0 Å². The van der Waals surface area contributed by atoms with Gasteiger partial charge in [-0.25, -0.2) is 0 Å². The highest BCUT2D eigenvalue weighted by Crippen LogP contribution is 2.32. The molecule has 0 fully saturated rings. The van der Waals surface area contributed by atoms with Crippen molar-refractivity contribution >= 4 is 5.97 Å². The summed E-state index contributed by atoms with van der Waals surface area (Å²) in [4.78, 5) is 12.1. The number of aliphatic hydroxyl groups is 1. The molecule has 0 amide bonds. The predicted molar refractivity (Wildman–Crippen MR) is 145 cm³/mol. The fourth-order valence-corrected chi connectivity index (χ4v) is 5.01. The molecule has 1 rings (SSSR count). The first-order valence-corrected chi connectivity index (χ1v) is 14.6. The van der Waals surface area contributed by atoms with Crippen LogP contribution in [0.25, 0.3) is 0 Å². The highest BCUT2D eigenvalue weighted by Gasteiger charge is 2.24. The number of carboxylic acids is 1. The van der Waals surface area contributed by atoms with E-state index in [1.807, 2.05) is 24.3 Å². The van der Waals surface area contributed by atoms with Crippen molar-refractivity contribution in [2.45, 2.75) is 154 Å². The van der Waals surface area contributed by atoms with Gasteiger partial charge in [-0.15, -0.1) is 0 Å². The monoisotopic (exact) mass is 474 g/mol. The zero-order valence-electron chi connectivity index (χ0n) is 22.4. The van der Waals surface area contributed by atoms with Gasteiger partial charge in [0.1, 0.15) is 0 Å². The molecule has 0 bridgehead atoms. The fourth-order valence-electron chi connectivity index (χ4n) is 5.01. The van der Waals surface area contributed by atoms with E-state index in [0.717, 1.165) is 36.8 Å². The van der Waals surface area contributed by atoms with Crippen LogP contribution in [0.15, 0.2) is 24.3 Å². The van der Waals surface area contributed by atoms with Crippen molar-refractivity contribution in [3.63, 3.8) is 0 Å². The van der Waals surface area contributed by atoms with Crippen LogP contribution in [0.5, 0.6) is 0 Å². The first-order valence-electron chi connectivity index (χ1n) is 14.6. The van der Waals surface area contributed by atoms with Crippen LogP contribution in [0, 0.1) is 0 Å². The van der Waals surface area contributed by atoms with Gasteiger partial charge in [0.15, 0.2) is 0 Å². The van der Waals surface area contributed by atoms with Crippen molar-refractivity contribution in [3.8, 4) is 0 Å². The van der Waals surface area contributed by atoms with Gasteiger partial charge in [0.25, 0.3) is 0 Å². The third kappa shape index (κ3) is 14.1. The van der Waals surface area contributed by atoms with E-state index in [1.165, 1.54) is 89.9 Å². The Morgan fingerprint density at radius 1 is 0.618 bits per heavy atom. The van der Waals surface area contributed by atoms with Crippen LogP contribution in [-0.4, -0.2) is 16.2 Å². The predicted octanol–water partition coefficient (Wildman–Crippen LogP) is 9.73. The highest BCUT2D eigenvalue weighted by molar-refractivity contribution is 5.76. The second-order valence-electron chi connectivity index (χ2n) is 10.3. The topological polar surface area (TPSA) is 57.5 Å². The van der Waals surface area contributed by atoms with Gasteiger partial charge in [-0.1, -0.05) is 154 Å². The maximum absolute atomic E-state index is 12.1. The summed E-state index contributed by atoms with van der Waals surface area (Å²) in [6, 6.07) is 7.68. The van der Waals surface area contributed by atoms with Gasteiger partial charge >= 0.3 is 5.97 Å². The number of carboxylic acid groups (broad SMARTS) is 1. The Labute approximate surface area is 210 Å². The largest absolute Gasteiger partial charge is 0.481 e.